The summed E-state index contributed by atoms with van der Waals surface area (Å²) in [6.07, 6.45) is 7.62. The molecular weight excluding hydrogens is 380 g/mol. The molecule has 0 saturated heterocycles. The van der Waals surface area contributed by atoms with Crippen molar-refractivity contribution >= 4 is 33.3 Å². The maximum Gasteiger partial charge on any atom is 0.220 e. The van der Waals surface area contributed by atoms with Crippen LogP contribution in [0.5, 0.6) is 0 Å². The predicted octanol–water partition coefficient (Wildman–Crippen LogP) is 5.56. The van der Waals surface area contributed by atoms with Gasteiger partial charge in [0.15, 0.2) is 0 Å². The predicted molar refractivity (Wildman–Crippen MR) is 122 cm³/mol. The maximum absolute atomic E-state index is 12.0. The second-order valence-corrected chi connectivity index (χ2v) is 8.45. The minimum Gasteiger partial charge on any atom is -0.369 e. The Morgan fingerprint density at radius 3 is 2.66 bits per heavy atom. The molecule has 0 saturated carbocycles. The highest BCUT2D eigenvalue weighted by atomic mass is 32.1. The molecule has 0 aliphatic carbocycles. The molecule has 0 radical (unpaired) electrons. The standard InChI is InChI=1S/C23H30N4OS/c1-3-4-5-9-14-24-19(28)13-10-15-25-22-21-20(18-11-7-6-8-12-18)17(2)29-23(21)27-16-26-22/h6-8,11-12,16H,3-5,9-10,13-15H2,1-2H3,(H,24,28)(H,25,26,27). The number of benzene rings is 1. The van der Waals surface area contributed by atoms with Gasteiger partial charge in [0.25, 0.3) is 0 Å². The first-order valence-corrected chi connectivity index (χ1v) is 11.3. The number of carbonyl (C=O) groups is 1. The van der Waals surface area contributed by atoms with E-state index in [-0.39, 0.29) is 5.91 Å². The summed E-state index contributed by atoms with van der Waals surface area (Å²) in [4.78, 5) is 23.2. The molecule has 0 aliphatic rings. The van der Waals surface area contributed by atoms with Crippen LogP contribution in [0.25, 0.3) is 21.3 Å². The van der Waals surface area contributed by atoms with Gasteiger partial charge in [-0.05, 0) is 25.3 Å². The van der Waals surface area contributed by atoms with E-state index in [1.54, 1.807) is 17.7 Å². The molecule has 0 unspecified atom stereocenters. The summed E-state index contributed by atoms with van der Waals surface area (Å²) >= 11 is 1.69. The molecule has 154 valence electrons. The average Bonchev–Trinajstić information content (AvgIpc) is 3.08. The van der Waals surface area contributed by atoms with Gasteiger partial charge in [0.1, 0.15) is 17.0 Å². The van der Waals surface area contributed by atoms with Crippen molar-refractivity contribution in [1.29, 1.82) is 0 Å². The van der Waals surface area contributed by atoms with E-state index in [1.807, 2.05) is 6.07 Å². The highest BCUT2D eigenvalue weighted by molar-refractivity contribution is 7.19. The molecule has 29 heavy (non-hydrogen) atoms. The monoisotopic (exact) mass is 410 g/mol. The fourth-order valence-corrected chi connectivity index (χ4v) is 4.47. The molecule has 1 aromatic carbocycles. The molecule has 2 heterocycles. The molecule has 2 N–H and O–H groups in total. The average molecular weight is 411 g/mol. The van der Waals surface area contributed by atoms with Crippen LogP contribution in [0.1, 0.15) is 50.3 Å². The van der Waals surface area contributed by atoms with Crippen LogP contribution in [0, 0.1) is 6.92 Å². The Labute approximate surface area is 177 Å². The molecule has 2 aromatic heterocycles. The Bertz CT molecular complexity index is 923. The van der Waals surface area contributed by atoms with Crippen molar-refractivity contribution in [3.05, 3.63) is 41.5 Å². The third-order valence-electron chi connectivity index (χ3n) is 4.95. The smallest absolute Gasteiger partial charge is 0.220 e. The molecule has 1 amide bonds. The van der Waals surface area contributed by atoms with Crippen molar-refractivity contribution in [1.82, 2.24) is 15.3 Å². The van der Waals surface area contributed by atoms with E-state index >= 15 is 0 Å². The summed E-state index contributed by atoms with van der Waals surface area (Å²) in [5, 5.41) is 7.51. The van der Waals surface area contributed by atoms with Crippen LogP contribution < -0.4 is 10.6 Å². The lowest BCUT2D eigenvalue weighted by Crippen LogP contribution is -2.24. The van der Waals surface area contributed by atoms with Gasteiger partial charge < -0.3 is 10.6 Å². The zero-order chi connectivity index (χ0) is 20.5. The zero-order valence-corrected chi connectivity index (χ0v) is 18.1. The normalized spacial score (nSPS) is 11.0. The number of fused-ring (bicyclic) bond motifs is 1. The van der Waals surface area contributed by atoms with E-state index in [9.17, 15) is 4.79 Å². The Kier molecular flexibility index (Phi) is 7.99. The van der Waals surface area contributed by atoms with Crippen LogP contribution in [0.3, 0.4) is 0 Å². The van der Waals surface area contributed by atoms with Crippen molar-refractivity contribution in [3.8, 4) is 11.1 Å². The Morgan fingerprint density at radius 2 is 1.86 bits per heavy atom. The summed E-state index contributed by atoms with van der Waals surface area (Å²) in [5.74, 6) is 0.977. The Hall–Kier alpha value is -2.47. The number of aryl methyl sites for hydroxylation is 1. The molecule has 0 atom stereocenters. The van der Waals surface area contributed by atoms with Crippen LogP contribution in [0.15, 0.2) is 36.7 Å². The first-order valence-electron chi connectivity index (χ1n) is 10.5. The van der Waals surface area contributed by atoms with Crippen LogP contribution >= 0.6 is 11.3 Å². The molecule has 6 heteroatoms. The zero-order valence-electron chi connectivity index (χ0n) is 17.3. The van der Waals surface area contributed by atoms with Gasteiger partial charge in [-0.2, -0.15) is 0 Å². The highest BCUT2D eigenvalue weighted by Gasteiger charge is 2.16. The van der Waals surface area contributed by atoms with Gasteiger partial charge in [-0.15, -0.1) is 11.3 Å². The molecule has 5 nitrogen and oxygen atoms in total. The molecular formula is C23H30N4OS. The Morgan fingerprint density at radius 1 is 1.03 bits per heavy atom. The third kappa shape index (κ3) is 5.76. The number of hydrogen-bond acceptors (Lipinski definition) is 5. The van der Waals surface area contributed by atoms with Crippen molar-refractivity contribution in [2.24, 2.45) is 0 Å². The van der Waals surface area contributed by atoms with E-state index in [4.69, 9.17) is 0 Å². The maximum atomic E-state index is 12.0. The van der Waals surface area contributed by atoms with Gasteiger partial charge in [0.05, 0.1) is 5.39 Å². The highest BCUT2D eigenvalue weighted by Crippen LogP contribution is 2.40. The van der Waals surface area contributed by atoms with E-state index in [0.717, 1.165) is 35.4 Å². The minimum absolute atomic E-state index is 0.132. The number of rotatable bonds is 11. The summed E-state index contributed by atoms with van der Waals surface area (Å²) in [6.45, 7) is 5.81. The molecule has 0 spiro atoms. The lowest BCUT2D eigenvalue weighted by Gasteiger charge is -2.09. The van der Waals surface area contributed by atoms with Crippen LogP contribution in [0.4, 0.5) is 5.82 Å². The largest absolute Gasteiger partial charge is 0.369 e. The summed E-state index contributed by atoms with van der Waals surface area (Å²) in [7, 11) is 0. The number of nitrogens with zero attached hydrogens (tertiary/aromatic N) is 2. The molecule has 3 aromatic rings. The molecule has 3 rings (SSSR count). The van der Waals surface area contributed by atoms with E-state index in [2.05, 4.69) is 58.7 Å². The number of unbranched alkanes of at least 4 members (excludes halogenated alkanes) is 3. The van der Waals surface area contributed by atoms with Gasteiger partial charge in [-0.1, -0.05) is 56.5 Å². The second kappa shape index (κ2) is 10.9. The quantitative estimate of drug-likeness (QED) is 0.406. The second-order valence-electron chi connectivity index (χ2n) is 7.24. The fraction of sp³-hybridized carbons (Fsp3) is 0.435. The molecule has 0 bridgehead atoms. The van der Waals surface area contributed by atoms with Gasteiger partial charge in [-0.3, -0.25) is 4.79 Å². The molecule has 0 aliphatic heterocycles. The number of carbonyl (C=O) groups excluding carboxylic acids is 1. The number of nitrogens with one attached hydrogen (secondary N) is 2. The number of anilines is 1. The van der Waals surface area contributed by atoms with E-state index in [0.29, 0.717) is 13.0 Å². The summed E-state index contributed by atoms with van der Waals surface area (Å²) in [5.41, 5.74) is 2.37. The number of amides is 1. The molecule has 0 fully saturated rings. The van der Waals surface area contributed by atoms with Gasteiger partial charge >= 0.3 is 0 Å². The van der Waals surface area contributed by atoms with Gasteiger partial charge in [0.2, 0.25) is 5.91 Å². The lowest BCUT2D eigenvalue weighted by molar-refractivity contribution is -0.121. The number of thiophene rings is 1. The minimum atomic E-state index is 0.132. The van der Waals surface area contributed by atoms with Crippen LogP contribution in [-0.2, 0) is 4.79 Å². The first-order chi connectivity index (χ1) is 14.2. The van der Waals surface area contributed by atoms with Crippen molar-refractivity contribution in [2.75, 3.05) is 18.4 Å². The van der Waals surface area contributed by atoms with Crippen LogP contribution in [0.2, 0.25) is 0 Å². The van der Waals surface area contributed by atoms with E-state index in [1.165, 1.54) is 35.3 Å². The summed E-state index contributed by atoms with van der Waals surface area (Å²) < 4.78 is 0. The SMILES string of the molecule is CCCCCCNC(=O)CCCNc1ncnc2sc(C)c(-c3ccccc3)c12. The Balaban J connectivity index is 1.58. The fourth-order valence-electron chi connectivity index (χ4n) is 3.45. The van der Waals surface area contributed by atoms with Crippen molar-refractivity contribution in [2.45, 2.75) is 52.4 Å². The first kappa shape index (κ1) is 21.2. The van der Waals surface area contributed by atoms with Crippen molar-refractivity contribution in [3.63, 3.8) is 0 Å². The number of hydrogen-bond donors (Lipinski definition) is 2. The van der Waals surface area contributed by atoms with E-state index < -0.39 is 0 Å². The van der Waals surface area contributed by atoms with Crippen LogP contribution in [-0.4, -0.2) is 29.0 Å². The lowest BCUT2D eigenvalue weighted by atomic mass is 10.0. The number of aromatic nitrogens is 2. The van der Waals surface area contributed by atoms with Crippen molar-refractivity contribution < 1.29 is 4.79 Å². The third-order valence-corrected chi connectivity index (χ3v) is 5.97. The van der Waals surface area contributed by atoms with Gasteiger partial charge in [0, 0.05) is 30.0 Å². The topological polar surface area (TPSA) is 66.9 Å². The van der Waals surface area contributed by atoms with Gasteiger partial charge in [-0.25, -0.2) is 9.97 Å². The summed E-state index contributed by atoms with van der Waals surface area (Å²) in [6, 6.07) is 10.4.